The summed E-state index contributed by atoms with van der Waals surface area (Å²) >= 11 is 0. The van der Waals surface area contributed by atoms with Crippen molar-refractivity contribution in [2.24, 2.45) is 5.92 Å². The van der Waals surface area contributed by atoms with Crippen molar-refractivity contribution in [1.82, 2.24) is 9.80 Å². The number of likely N-dealkylation sites (tertiary alicyclic amines) is 1. The highest BCUT2D eigenvalue weighted by Gasteiger charge is 2.43. The van der Waals surface area contributed by atoms with E-state index in [9.17, 15) is 14.0 Å². The van der Waals surface area contributed by atoms with Gasteiger partial charge in [-0.3, -0.25) is 9.59 Å². The van der Waals surface area contributed by atoms with Crippen LogP contribution in [0.5, 0.6) is 0 Å². The molecular formula is C18H19FN2O3. The zero-order valence-electron chi connectivity index (χ0n) is 13.6. The van der Waals surface area contributed by atoms with Gasteiger partial charge in [0.1, 0.15) is 11.6 Å². The summed E-state index contributed by atoms with van der Waals surface area (Å²) in [6.07, 6.45) is 1.71. The molecule has 2 heterocycles. The predicted molar refractivity (Wildman–Crippen MR) is 85.2 cm³/mol. The Morgan fingerprint density at radius 3 is 2.67 bits per heavy atom. The van der Waals surface area contributed by atoms with Crippen LogP contribution in [0.25, 0.3) is 0 Å². The van der Waals surface area contributed by atoms with Crippen LogP contribution in [0.2, 0.25) is 0 Å². The fourth-order valence-electron chi connectivity index (χ4n) is 3.20. The number of rotatable bonds is 4. The molecule has 2 atom stereocenters. The number of carbonyl (C=O) groups is 2. The highest BCUT2D eigenvalue weighted by atomic mass is 19.1. The average Bonchev–Trinajstić information content (AvgIpc) is 3.17. The first kappa shape index (κ1) is 16.2. The van der Waals surface area contributed by atoms with Crippen molar-refractivity contribution in [2.75, 3.05) is 14.1 Å². The summed E-state index contributed by atoms with van der Waals surface area (Å²) in [5.74, 6) is -0.370. The summed E-state index contributed by atoms with van der Waals surface area (Å²) in [5, 5.41) is 0. The normalized spacial score (nSPS) is 20.5. The topological polar surface area (TPSA) is 53.8 Å². The summed E-state index contributed by atoms with van der Waals surface area (Å²) in [7, 11) is 3.37. The Bertz CT molecular complexity index is 727. The Morgan fingerprint density at radius 2 is 2.04 bits per heavy atom. The molecule has 2 unspecified atom stereocenters. The minimum absolute atomic E-state index is 0.0888. The molecule has 0 radical (unpaired) electrons. The molecule has 3 rings (SSSR count). The third-order valence-electron chi connectivity index (χ3n) is 4.46. The summed E-state index contributed by atoms with van der Waals surface area (Å²) in [5.41, 5.74) is 0.759. The number of halogens is 1. The van der Waals surface area contributed by atoms with Crippen LogP contribution in [0.15, 0.2) is 47.1 Å². The zero-order valence-corrected chi connectivity index (χ0v) is 13.6. The highest BCUT2D eigenvalue weighted by Crippen LogP contribution is 2.38. The fourth-order valence-corrected chi connectivity index (χ4v) is 3.20. The van der Waals surface area contributed by atoms with Gasteiger partial charge in [0.15, 0.2) is 0 Å². The quantitative estimate of drug-likeness (QED) is 0.866. The molecule has 6 heteroatoms. The summed E-state index contributed by atoms with van der Waals surface area (Å²) in [6.45, 7) is 0.344. The number of hydrogen-bond donors (Lipinski definition) is 0. The zero-order chi connectivity index (χ0) is 17.3. The Balaban J connectivity index is 1.82. The molecule has 5 nitrogen and oxygen atoms in total. The van der Waals surface area contributed by atoms with E-state index < -0.39 is 5.92 Å². The summed E-state index contributed by atoms with van der Waals surface area (Å²) in [6, 6.07) is 9.13. The van der Waals surface area contributed by atoms with Gasteiger partial charge in [-0.2, -0.15) is 0 Å². The molecule has 1 fully saturated rings. The number of benzene rings is 1. The van der Waals surface area contributed by atoms with Crippen molar-refractivity contribution in [1.29, 1.82) is 0 Å². The lowest BCUT2D eigenvalue weighted by Gasteiger charge is -2.27. The second-order valence-corrected chi connectivity index (χ2v) is 6.09. The Morgan fingerprint density at radius 1 is 1.33 bits per heavy atom. The van der Waals surface area contributed by atoms with E-state index in [1.807, 2.05) is 0 Å². The van der Waals surface area contributed by atoms with Crippen molar-refractivity contribution < 1.29 is 18.4 Å². The van der Waals surface area contributed by atoms with E-state index in [4.69, 9.17) is 4.42 Å². The molecular weight excluding hydrogens is 311 g/mol. The SMILES string of the molecule is CN(Cc1ccco1)C(=O)C1CC(=O)N(C)C1c1ccc(F)cc1. The molecule has 1 aliphatic heterocycles. The Labute approximate surface area is 139 Å². The minimum Gasteiger partial charge on any atom is -0.467 e. The van der Waals surface area contributed by atoms with E-state index in [2.05, 4.69) is 0 Å². The van der Waals surface area contributed by atoms with Crippen LogP contribution in [0.4, 0.5) is 4.39 Å². The number of nitrogens with zero attached hydrogens (tertiary/aromatic N) is 2. The first-order valence-corrected chi connectivity index (χ1v) is 7.76. The molecule has 2 aromatic rings. The number of hydrogen-bond acceptors (Lipinski definition) is 3. The van der Waals surface area contributed by atoms with E-state index >= 15 is 0 Å². The van der Waals surface area contributed by atoms with Crippen LogP contribution in [0, 0.1) is 11.7 Å². The Kier molecular flexibility index (Phi) is 4.38. The number of carbonyl (C=O) groups excluding carboxylic acids is 2. The van der Waals surface area contributed by atoms with E-state index in [1.54, 1.807) is 54.4 Å². The minimum atomic E-state index is -0.493. The Hall–Kier alpha value is -2.63. The molecule has 1 saturated heterocycles. The van der Waals surface area contributed by atoms with E-state index in [0.717, 1.165) is 5.56 Å². The molecule has 1 aromatic carbocycles. The lowest BCUT2D eigenvalue weighted by molar-refractivity contribution is -0.136. The van der Waals surface area contributed by atoms with Crippen molar-refractivity contribution >= 4 is 11.8 Å². The van der Waals surface area contributed by atoms with Gasteiger partial charge in [-0.25, -0.2) is 4.39 Å². The molecule has 1 aromatic heterocycles. The molecule has 2 amide bonds. The van der Waals surface area contributed by atoms with Crippen LogP contribution in [-0.4, -0.2) is 35.7 Å². The van der Waals surface area contributed by atoms with Gasteiger partial charge < -0.3 is 14.2 Å². The molecule has 126 valence electrons. The van der Waals surface area contributed by atoms with E-state index in [0.29, 0.717) is 12.3 Å². The van der Waals surface area contributed by atoms with Crippen LogP contribution in [-0.2, 0) is 16.1 Å². The van der Waals surface area contributed by atoms with Crippen LogP contribution >= 0.6 is 0 Å². The van der Waals surface area contributed by atoms with Gasteiger partial charge >= 0.3 is 0 Å². The van der Waals surface area contributed by atoms with Crippen LogP contribution in [0.1, 0.15) is 23.8 Å². The van der Waals surface area contributed by atoms with Crippen LogP contribution < -0.4 is 0 Å². The standard InChI is InChI=1S/C18H19FN2O3/c1-20(11-14-4-3-9-24-14)18(23)15-10-16(22)21(2)17(15)12-5-7-13(19)8-6-12/h3-9,15,17H,10-11H2,1-2H3. The average molecular weight is 330 g/mol. The van der Waals surface area contributed by atoms with Crippen molar-refractivity contribution in [3.63, 3.8) is 0 Å². The van der Waals surface area contributed by atoms with Crippen molar-refractivity contribution in [3.05, 3.63) is 59.8 Å². The molecule has 0 spiro atoms. The van der Waals surface area contributed by atoms with Gasteiger partial charge in [-0.15, -0.1) is 0 Å². The maximum atomic E-state index is 13.2. The van der Waals surface area contributed by atoms with Crippen molar-refractivity contribution in [3.8, 4) is 0 Å². The highest BCUT2D eigenvalue weighted by molar-refractivity contribution is 5.90. The number of furan rings is 1. The predicted octanol–water partition coefficient (Wildman–Crippen LogP) is 2.60. The summed E-state index contributed by atoms with van der Waals surface area (Å²) in [4.78, 5) is 28.1. The van der Waals surface area contributed by atoms with Gasteiger partial charge in [0.2, 0.25) is 11.8 Å². The largest absolute Gasteiger partial charge is 0.467 e. The van der Waals surface area contributed by atoms with Crippen molar-refractivity contribution in [2.45, 2.75) is 19.0 Å². The fraction of sp³-hybridized carbons (Fsp3) is 0.333. The second kappa shape index (κ2) is 6.47. The van der Waals surface area contributed by atoms with E-state index in [-0.39, 0.29) is 30.1 Å². The number of amides is 2. The van der Waals surface area contributed by atoms with Gasteiger partial charge in [0.05, 0.1) is 24.8 Å². The monoisotopic (exact) mass is 330 g/mol. The van der Waals surface area contributed by atoms with Gasteiger partial charge in [-0.1, -0.05) is 12.1 Å². The first-order valence-electron chi connectivity index (χ1n) is 7.76. The van der Waals surface area contributed by atoms with Crippen LogP contribution in [0.3, 0.4) is 0 Å². The second-order valence-electron chi connectivity index (χ2n) is 6.09. The maximum absolute atomic E-state index is 13.2. The smallest absolute Gasteiger partial charge is 0.228 e. The molecule has 24 heavy (non-hydrogen) atoms. The van der Waals surface area contributed by atoms with Gasteiger partial charge in [0, 0.05) is 20.5 Å². The maximum Gasteiger partial charge on any atom is 0.228 e. The first-order chi connectivity index (χ1) is 11.5. The molecule has 0 bridgehead atoms. The third-order valence-corrected chi connectivity index (χ3v) is 4.46. The molecule has 1 aliphatic rings. The molecule has 0 saturated carbocycles. The lowest BCUT2D eigenvalue weighted by atomic mass is 9.92. The lowest BCUT2D eigenvalue weighted by Crippen LogP contribution is -2.35. The van der Waals surface area contributed by atoms with E-state index in [1.165, 1.54) is 12.1 Å². The van der Waals surface area contributed by atoms with Gasteiger partial charge in [0.25, 0.3) is 0 Å². The molecule has 0 aliphatic carbocycles. The summed E-state index contributed by atoms with van der Waals surface area (Å²) < 4.78 is 18.4. The molecule has 0 N–H and O–H groups in total. The van der Waals surface area contributed by atoms with Gasteiger partial charge in [-0.05, 0) is 29.8 Å². The third kappa shape index (κ3) is 3.04.